The summed E-state index contributed by atoms with van der Waals surface area (Å²) in [5, 5.41) is 8.75. The molecule has 0 amide bonds. The van der Waals surface area contributed by atoms with E-state index in [1.54, 1.807) is 16.3 Å². The van der Waals surface area contributed by atoms with Crippen LogP contribution in [0.5, 0.6) is 5.88 Å². The molecule has 7 nitrogen and oxygen atoms in total. The van der Waals surface area contributed by atoms with E-state index in [2.05, 4.69) is 10.2 Å². The molecule has 0 aliphatic heterocycles. The van der Waals surface area contributed by atoms with Crippen LogP contribution in [0.1, 0.15) is 17.0 Å². The van der Waals surface area contributed by atoms with E-state index in [4.69, 9.17) is 4.74 Å². The minimum absolute atomic E-state index is 0.186. The molecular weight excluding hydrogens is 354 g/mol. The first-order valence-corrected chi connectivity index (χ1v) is 9.00. The van der Waals surface area contributed by atoms with Crippen LogP contribution in [0.2, 0.25) is 0 Å². The van der Waals surface area contributed by atoms with Gasteiger partial charge in [-0.15, -0.1) is 5.10 Å². The van der Waals surface area contributed by atoms with Gasteiger partial charge in [-0.3, -0.25) is 0 Å². The average Bonchev–Trinajstić information content (AvgIpc) is 3.20. The van der Waals surface area contributed by atoms with E-state index in [0.29, 0.717) is 18.3 Å². The van der Waals surface area contributed by atoms with Gasteiger partial charge in [-0.25, -0.2) is 18.7 Å². The van der Waals surface area contributed by atoms with Gasteiger partial charge in [-0.2, -0.15) is 5.10 Å². The highest BCUT2D eigenvalue weighted by Crippen LogP contribution is 2.21. The number of aromatic nitrogens is 5. The van der Waals surface area contributed by atoms with E-state index in [-0.39, 0.29) is 5.69 Å². The summed E-state index contributed by atoms with van der Waals surface area (Å²) in [6, 6.07) is 17.5. The fraction of sp³-hybridized carbons (Fsp3) is 0.190. The number of ether oxygens (including phenoxy) is 1. The molecule has 28 heavy (non-hydrogen) atoms. The van der Waals surface area contributed by atoms with Crippen molar-refractivity contribution < 1.29 is 4.74 Å². The molecule has 2 aromatic heterocycles. The quantitative estimate of drug-likeness (QED) is 0.538. The van der Waals surface area contributed by atoms with Gasteiger partial charge in [-0.05, 0) is 32.0 Å². The normalized spacial score (nSPS) is 11.0. The Balaban J connectivity index is 1.62. The van der Waals surface area contributed by atoms with Gasteiger partial charge in [0.1, 0.15) is 12.4 Å². The van der Waals surface area contributed by atoms with Gasteiger partial charge in [0.25, 0.3) is 0 Å². The molecule has 0 saturated carbocycles. The zero-order valence-corrected chi connectivity index (χ0v) is 16.0. The molecule has 0 spiro atoms. The molecule has 0 unspecified atom stereocenters. The average molecular weight is 375 g/mol. The number of rotatable bonds is 5. The molecule has 0 aliphatic carbocycles. The van der Waals surface area contributed by atoms with Crippen molar-refractivity contribution in [1.29, 1.82) is 0 Å². The number of benzene rings is 2. The minimum Gasteiger partial charge on any atom is -0.471 e. The largest absolute Gasteiger partial charge is 0.471 e. The number of nitrogens with zero attached hydrogens (tertiary/aromatic N) is 5. The molecule has 0 atom stereocenters. The van der Waals surface area contributed by atoms with Crippen molar-refractivity contribution in [2.45, 2.75) is 20.5 Å². The summed E-state index contributed by atoms with van der Waals surface area (Å²) >= 11 is 0. The van der Waals surface area contributed by atoms with Crippen molar-refractivity contribution in [3.8, 4) is 17.3 Å². The summed E-state index contributed by atoms with van der Waals surface area (Å²) < 4.78 is 10.7. The highest BCUT2D eigenvalue weighted by Gasteiger charge is 2.14. The van der Waals surface area contributed by atoms with Crippen molar-refractivity contribution in [1.82, 2.24) is 24.1 Å². The standard InChI is InChI=1S/C21H21N5O2/c1-15-13-25(18-10-5-4-6-11-18)23-20(15)28-14-17-9-7-8-12-19(17)26-16(2)22-24(3)21(26)27/h4-13H,14H2,1-3H3. The molecule has 7 heteroatoms. The summed E-state index contributed by atoms with van der Waals surface area (Å²) in [4.78, 5) is 12.4. The Labute approximate surface area is 162 Å². The summed E-state index contributed by atoms with van der Waals surface area (Å²) in [5.41, 5.74) is 3.37. The lowest BCUT2D eigenvalue weighted by Crippen LogP contribution is -2.23. The van der Waals surface area contributed by atoms with Gasteiger partial charge in [0.2, 0.25) is 5.88 Å². The van der Waals surface area contributed by atoms with Crippen molar-refractivity contribution in [2.24, 2.45) is 7.05 Å². The zero-order valence-electron chi connectivity index (χ0n) is 16.0. The smallest absolute Gasteiger partial charge is 0.350 e. The maximum atomic E-state index is 12.4. The van der Waals surface area contributed by atoms with E-state index >= 15 is 0 Å². The van der Waals surface area contributed by atoms with Crippen LogP contribution in [0.15, 0.2) is 65.6 Å². The van der Waals surface area contributed by atoms with Crippen LogP contribution < -0.4 is 10.4 Å². The van der Waals surface area contributed by atoms with Crippen LogP contribution in [0.4, 0.5) is 0 Å². The second-order valence-corrected chi connectivity index (χ2v) is 6.60. The summed E-state index contributed by atoms with van der Waals surface area (Å²) in [6.07, 6.45) is 1.94. The first-order valence-electron chi connectivity index (χ1n) is 9.00. The molecule has 0 N–H and O–H groups in total. The van der Waals surface area contributed by atoms with Crippen LogP contribution in [-0.4, -0.2) is 24.1 Å². The van der Waals surface area contributed by atoms with E-state index in [1.165, 1.54) is 4.68 Å². The lowest BCUT2D eigenvalue weighted by molar-refractivity contribution is 0.289. The van der Waals surface area contributed by atoms with Gasteiger partial charge in [0, 0.05) is 24.4 Å². The van der Waals surface area contributed by atoms with Gasteiger partial charge in [-0.1, -0.05) is 36.4 Å². The number of para-hydroxylation sites is 2. The third-order valence-corrected chi connectivity index (χ3v) is 4.56. The third-order valence-electron chi connectivity index (χ3n) is 4.56. The molecule has 2 heterocycles. The first kappa shape index (κ1) is 17.8. The van der Waals surface area contributed by atoms with Gasteiger partial charge in [0.15, 0.2) is 0 Å². The monoisotopic (exact) mass is 375 g/mol. The second-order valence-electron chi connectivity index (χ2n) is 6.60. The minimum atomic E-state index is -0.186. The highest BCUT2D eigenvalue weighted by molar-refractivity contribution is 5.42. The first-order chi connectivity index (χ1) is 13.5. The maximum Gasteiger partial charge on any atom is 0.350 e. The van der Waals surface area contributed by atoms with E-state index < -0.39 is 0 Å². The predicted molar refractivity (Wildman–Crippen MR) is 106 cm³/mol. The molecule has 0 radical (unpaired) electrons. The molecular formula is C21H21N5O2. The van der Waals surface area contributed by atoms with E-state index in [0.717, 1.165) is 22.5 Å². The Morgan fingerprint density at radius 2 is 1.68 bits per heavy atom. The highest BCUT2D eigenvalue weighted by atomic mass is 16.5. The van der Waals surface area contributed by atoms with Crippen molar-refractivity contribution in [3.05, 3.63) is 88.2 Å². The molecule has 0 bridgehead atoms. The summed E-state index contributed by atoms with van der Waals surface area (Å²) in [7, 11) is 1.64. The van der Waals surface area contributed by atoms with Crippen LogP contribution in [0.3, 0.4) is 0 Å². The van der Waals surface area contributed by atoms with Crippen molar-refractivity contribution in [2.75, 3.05) is 0 Å². The zero-order chi connectivity index (χ0) is 19.7. The number of aryl methyl sites for hydroxylation is 3. The number of hydrogen-bond acceptors (Lipinski definition) is 4. The Morgan fingerprint density at radius 1 is 0.964 bits per heavy atom. The van der Waals surface area contributed by atoms with Crippen LogP contribution >= 0.6 is 0 Å². The van der Waals surface area contributed by atoms with Gasteiger partial charge in [0.05, 0.1) is 11.4 Å². The van der Waals surface area contributed by atoms with Crippen molar-refractivity contribution in [3.63, 3.8) is 0 Å². The second kappa shape index (κ2) is 7.19. The molecule has 4 rings (SSSR count). The lowest BCUT2D eigenvalue weighted by atomic mass is 10.2. The van der Waals surface area contributed by atoms with E-state index in [1.807, 2.05) is 74.6 Å². The summed E-state index contributed by atoms with van der Waals surface area (Å²) in [6.45, 7) is 4.07. The molecule has 0 saturated heterocycles. The molecule has 0 fully saturated rings. The van der Waals surface area contributed by atoms with Gasteiger partial charge < -0.3 is 4.74 Å². The van der Waals surface area contributed by atoms with Gasteiger partial charge >= 0.3 is 5.69 Å². The van der Waals surface area contributed by atoms with Crippen molar-refractivity contribution >= 4 is 0 Å². The molecule has 0 aliphatic rings. The van der Waals surface area contributed by atoms with Crippen LogP contribution in [0.25, 0.3) is 11.4 Å². The maximum absolute atomic E-state index is 12.4. The molecule has 142 valence electrons. The fourth-order valence-electron chi connectivity index (χ4n) is 3.16. The van der Waals surface area contributed by atoms with Crippen LogP contribution in [0, 0.1) is 13.8 Å². The topological polar surface area (TPSA) is 66.9 Å². The van der Waals surface area contributed by atoms with E-state index in [9.17, 15) is 4.79 Å². The summed E-state index contributed by atoms with van der Waals surface area (Å²) in [5.74, 6) is 1.19. The molecule has 2 aromatic carbocycles. The third kappa shape index (κ3) is 3.22. The Kier molecular flexibility index (Phi) is 4.57. The molecule has 4 aromatic rings. The predicted octanol–water partition coefficient (Wildman–Crippen LogP) is 2.95. The Bertz CT molecular complexity index is 1170. The SMILES string of the molecule is Cc1cn(-c2ccccc2)nc1OCc1ccccc1-n1c(C)nn(C)c1=O. The van der Waals surface area contributed by atoms with Crippen LogP contribution in [-0.2, 0) is 13.7 Å². The Hall–Kier alpha value is -3.61. The fourth-order valence-corrected chi connectivity index (χ4v) is 3.16. The Morgan fingerprint density at radius 3 is 2.39 bits per heavy atom. The number of hydrogen-bond donors (Lipinski definition) is 0. The lowest BCUT2D eigenvalue weighted by Gasteiger charge is -2.11.